The van der Waals surface area contributed by atoms with Crippen LogP contribution in [0.3, 0.4) is 0 Å². The highest BCUT2D eigenvalue weighted by Gasteiger charge is 2.08. The molecule has 16 heavy (non-hydrogen) atoms. The number of methoxy groups -OCH3 is 1. The van der Waals surface area contributed by atoms with Crippen molar-refractivity contribution in [2.24, 2.45) is 0 Å². The Kier molecular flexibility index (Phi) is 2.83. The van der Waals surface area contributed by atoms with Crippen LogP contribution in [0.25, 0.3) is 11.0 Å². The van der Waals surface area contributed by atoms with Gasteiger partial charge in [-0.2, -0.15) is 0 Å². The largest absolute Gasteiger partial charge is 0.494 e. The topological polar surface area (TPSA) is 29.9 Å². The minimum absolute atomic E-state index is 0.697. The monoisotopic (exact) mass is 234 g/mol. The van der Waals surface area contributed by atoms with Gasteiger partial charge in [-0.1, -0.05) is 18.2 Å². The first-order valence-corrected chi connectivity index (χ1v) is 5.44. The molecule has 0 radical (unpaired) electrons. The minimum Gasteiger partial charge on any atom is -0.494 e. The second-order valence-corrected chi connectivity index (χ2v) is 4.21. The van der Waals surface area contributed by atoms with E-state index in [2.05, 4.69) is 11.6 Å². The van der Waals surface area contributed by atoms with Gasteiger partial charge < -0.3 is 14.3 Å². The highest BCUT2D eigenvalue weighted by atomic mass is 32.1. The number of benzene rings is 1. The summed E-state index contributed by atoms with van der Waals surface area (Å²) in [7, 11) is 1.65. The molecule has 0 saturated heterocycles. The Morgan fingerprint density at radius 3 is 2.94 bits per heavy atom. The van der Waals surface area contributed by atoms with Crippen molar-refractivity contribution in [2.45, 2.75) is 13.5 Å². The summed E-state index contributed by atoms with van der Waals surface area (Å²) in [6.45, 7) is 6.62. The van der Waals surface area contributed by atoms with E-state index in [0.717, 1.165) is 28.9 Å². The maximum Gasteiger partial charge on any atom is 0.178 e. The molecule has 2 aromatic rings. The molecule has 1 aromatic carbocycles. The highest BCUT2D eigenvalue weighted by molar-refractivity contribution is 7.71. The molecule has 1 N–H and O–H groups in total. The number of H-pyrrole nitrogens is 1. The zero-order chi connectivity index (χ0) is 11.7. The van der Waals surface area contributed by atoms with Gasteiger partial charge in [0.25, 0.3) is 0 Å². The van der Waals surface area contributed by atoms with Crippen molar-refractivity contribution in [3.05, 3.63) is 35.1 Å². The van der Waals surface area contributed by atoms with Crippen LogP contribution in [0.5, 0.6) is 5.75 Å². The van der Waals surface area contributed by atoms with Crippen LogP contribution in [0, 0.1) is 4.77 Å². The summed E-state index contributed by atoms with van der Waals surface area (Å²) < 4.78 is 8.01. The molecular formula is C12H14N2OS. The van der Waals surface area contributed by atoms with Crippen molar-refractivity contribution in [3.63, 3.8) is 0 Å². The molecule has 0 spiro atoms. The van der Waals surface area contributed by atoms with Gasteiger partial charge in [0.2, 0.25) is 0 Å². The average Bonchev–Trinajstić information content (AvgIpc) is 2.55. The maximum atomic E-state index is 5.29. The second kappa shape index (κ2) is 4.14. The first-order valence-electron chi connectivity index (χ1n) is 5.03. The number of hydrogen-bond acceptors (Lipinski definition) is 2. The van der Waals surface area contributed by atoms with Crippen LogP contribution in [0.2, 0.25) is 0 Å². The summed E-state index contributed by atoms with van der Waals surface area (Å²) in [6.07, 6.45) is 0. The molecule has 0 aliphatic rings. The van der Waals surface area contributed by atoms with Crippen LogP contribution in [0.1, 0.15) is 6.92 Å². The fourth-order valence-corrected chi connectivity index (χ4v) is 2.02. The van der Waals surface area contributed by atoms with Gasteiger partial charge in [-0.15, -0.1) is 0 Å². The molecule has 0 aliphatic carbocycles. The lowest BCUT2D eigenvalue weighted by Gasteiger charge is -2.04. The SMILES string of the molecule is C=C(C)Cn1c(=S)[nH]c2c(OC)cccc21. The fraction of sp³-hybridized carbons (Fsp3) is 0.250. The summed E-state index contributed by atoms with van der Waals surface area (Å²) in [5, 5.41) is 0. The molecular weight excluding hydrogens is 220 g/mol. The zero-order valence-corrected chi connectivity index (χ0v) is 10.2. The molecule has 2 rings (SSSR count). The molecule has 0 saturated carbocycles. The lowest BCUT2D eigenvalue weighted by atomic mass is 10.3. The molecule has 0 bridgehead atoms. The maximum absolute atomic E-state index is 5.29. The number of imidazole rings is 1. The molecule has 4 heteroatoms. The van der Waals surface area contributed by atoms with E-state index in [1.807, 2.05) is 29.7 Å². The van der Waals surface area contributed by atoms with E-state index in [0.29, 0.717) is 4.77 Å². The van der Waals surface area contributed by atoms with Crippen LogP contribution in [-0.4, -0.2) is 16.7 Å². The third-order valence-electron chi connectivity index (χ3n) is 2.42. The third kappa shape index (κ3) is 1.76. The van der Waals surface area contributed by atoms with E-state index in [1.54, 1.807) is 7.11 Å². The molecule has 1 aromatic heterocycles. The van der Waals surface area contributed by atoms with Gasteiger partial charge in [0.15, 0.2) is 4.77 Å². The van der Waals surface area contributed by atoms with E-state index in [-0.39, 0.29) is 0 Å². The molecule has 1 heterocycles. The van der Waals surface area contributed by atoms with Gasteiger partial charge in [-0.25, -0.2) is 0 Å². The number of nitrogens with one attached hydrogen (secondary N) is 1. The van der Waals surface area contributed by atoms with Crippen LogP contribution < -0.4 is 4.74 Å². The van der Waals surface area contributed by atoms with E-state index >= 15 is 0 Å². The first kappa shape index (κ1) is 11.0. The van der Waals surface area contributed by atoms with E-state index in [4.69, 9.17) is 17.0 Å². The lowest BCUT2D eigenvalue weighted by Crippen LogP contribution is -1.98. The van der Waals surface area contributed by atoms with Crippen LogP contribution in [-0.2, 0) is 6.54 Å². The van der Waals surface area contributed by atoms with Gasteiger partial charge in [-0.3, -0.25) is 0 Å². The van der Waals surface area contributed by atoms with Crippen molar-refractivity contribution in [1.29, 1.82) is 0 Å². The molecule has 84 valence electrons. The number of ether oxygens (including phenoxy) is 1. The van der Waals surface area contributed by atoms with Gasteiger partial charge in [-0.05, 0) is 31.3 Å². The van der Waals surface area contributed by atoms with Crippen LogP contribution >= 0.6 is 12.2 Å². The van der Waals surface area contributed by atoms with Gasteiger partial charge in [0, 0.05) is 6.54 Å². The van der Waals surface area contributed by atoms with Gasteiger partial charge >= 0.3 is 0 Å². The number of allylic oxidation sites excluding steroid dienone is 1. The average molecular weight is 234 g/mol. The Hall–Kier alpha value is -1.55. The normalized spacial score (nSPS) is 10.6. The number of rotatable bonds is 3. The predicted octanol–water partition coefficient (Wildman–Crippen LogP) is 3.28. The van der Waals surface area contributed by atoms with Crippen molar-refractivity contribution in [1.82, 2.24) is 9.55 Å². The number of aromatic amines is 1. The standard InChI is InChI=1S/C12H14N2OS/c1-8(2)7-14-9-5-4-6-10(15-3)11(9)13-12(14)16/h4-6H,1,7H2,2-3H3,(H,13,16). The number of aromatic nitrogens is 2. The number of hydrogen-bond donors (Lipinski definition) is 1. The summed E-state index contributed by atoms with van der Waals surface area (Å²) in [5.74, 6) is 0.809. The molecule has 0 unspecified atom stereocenters. The second-order valence-electron chi connectivity index (χ2n) is 3.83. The Morgan fingerprint density at radius 1 is 1.56 bits per heavy atom. The molecule has 0 atom stereocenters. The van der Waals surface area contributed by atoms with Crippen molar-refractivity contribution in [2.75, 3.05) is 7.11 Å². The van der Waals surface area contributed by atoms with Crippen molar-refractivity contribution in [3.8, 4) is 5.75 Å². The number of nitrogens with zero attached hydrogens (tertiary/aromatic N) is 1. The third-order valence-corrected chi connectivity index (χ3v) is 2.74. The predicted molar refractivity (Wildman–Crippen MR) is 68.5 cm³/mol. The Bertz CT molecular complexity index is 595. The fourth-order valence-electron chi connectivity index (χ4n) is 1.75. The van der Waals surface area contributed by atoms with Crippen molar-refractivity contribution >= 4 is 23.3 Å². The van der Waals surface area contributed by atoms with Crippen LogP contribution in [0.15, 0.2) is 30.4 Å². The van der Waals surface area contributed by atoms with Gasteiger partial charge in [0.1, 0.15) is 11.3 Å². The van der Waals surface area contributed by atoms with E-state index in [9.17, 15) is 0 Å². The minimum atomic E-state index is 0.697. The summed E-state index contributed by atoms with van der Waals surface area (Å²) >= 11 is 5.29. The molecule has 3 nitrogen and oxygen atoms in total. The van der Waals surface area contributed by atoms with E-state index in [1.165, 1.54) is 0 Å². The Labute approximate surface area is 99.4 Å². The molecule has 0 amide bonds. The summed E-state index contributed by atoms with van der Waals surface area (Å²) in [4.78, 5) is 3.16. The van der Waals surface area contributed by atoms with E-state index < -0.39 is 0 Å². The molecule has 0 aliphatic heterocycles. The quantitative estimate of drug-likeness (QED) is 0.652. The summed E-state index contributed by atoms with van der Waals surface area (Å²) in [5.41, 5.74) is 3.06. The highest BCUT2D eigenvalue weighted by Crippen LogP contribution is 2.24. The van der Waals surface area contributed by atoms with Crippen LogP contribution in [0.4, 0.5) is 0 Å². The summed E-state index contributed by atoms with van der Waals surface area (Å²) in [6, 6.07) is 5.89. The first-order chi connectivity index (χ1) is 7.63. The molecule has 0 fully saturated rings. The lowest BCUT2D eigenvalue weighted by molar-refractivity contribution is 0.419. The zero-order valence-electron chi connectivity index (χ0n) is 9.41. The van der Waals surface area contributed by atoms with Gasteiger partial charge in [0.05, 0.1) is 12.6 Å². The number of fused-ring (bicyclic) bond motifs is 1. The Morgan fingerprint density at radius 2 is 2.31 bits per heavy atom. The number of para-hydroxylation sites is 1. The Balaban J connectivity index is 2.71. The smallest absolute Gasteiger partial charge is 0.178 e. The van der Waals surface area contributed by atoms with Crippen molar-refractivity contribution < 1.29 is 4.74 Å².